The van der Waals surface area contributed by atoms with Crippen molar-refractivity contribution >= 4 is 39.9 Å². The molecule has 0 saturated carbocycles. The minimum absolute atomic E-state index is 0. The van der Waals surface area contributed by atoms with Gasteiger partial charge in [-0.3, -0.25) is 4.79 Å². The Morgan fingerprint density at radius 2 is 2.19 bits per heavy atom. The minimum atomic E-state index is -0.0877. The van der Waals surface area contributed by atoms with E-state index in [-0.39, 0.29) is 18.3 Å². The van der Waals surface area contributed by atoms with E-state index in [2.05, 4.69) is 26.7 Å². The van der Waals surface area contributed by atoms with Crippen molar-refractivity contribution in [3.8, 4) is 5.88 Å². The molecule has 142 valence electrons. The first kappa shape index (κ1) is 20.6. The molecule has 1 aliphatic rings. The Morgan fingerprint density at radius 1 is 1.38 bits per heavy atom. The highest BCUT2D eigenvalue weighted by molar-refractivity contribution is 7.20. The van der Waals surface area contributed by atoms with Crippen LogP contribution in [0.3, 0.4) is 0 Å². The average molecular weight is 399 g/mol. The van der Waals surface area contributed by atoms with Crippen LogP contribution in [0.15, 0.2) is 11.6 Å². The lowest BCUT2D eigenvalue weighted by Crippen LogP contribution is -2.29. The van der Waals surface area contributed by atoms with Crippen LogP contribution in [0.1, 0.15) is 27.5 Å². The topological polar surface area (TPSA) is 85.4 Å². The highest BCUT2D eigenvalue weighted by Crippen LogP contribution is 2.35. The molecule has 9 heteroatoms. The van der Waals surface area contributed by atoms with Gasteiger partial charge >= 0.3 is 0 Å². The van der Waals surface area contributed by atoms with E-state index >= 15 is 0 Å². The third kappa shape index (κ3) is 4.32. The van der Waals surface area contributed by atoms with E-state index in [0.717, 1.165) is 35.3 Å². The molecule has 1 aliphatic heterocycles. The molecule has 0 aliphatic carbocycles. The molecule has 0 saturated heterocycles. The highest BCUT2D eigenvalue weighted by atomic mass is 35.5. The van der Waals surface area contributed by atoms with Crippen LogP contribution in [-0.2, 0) is 11.3 Å². The Hall–Kier alpha value is -1.74. The van der Waals surface area contributed by atoms with Crippen LogP contribution in [0.2, 0.25) is 0 Å². The number of fused-ring (bicyclic) bond motifs is 1. The summed E-state index contributed by atoms with van der Waals surface area (Å²) < 4.78 is 10.5. The van der Waals surface area contributed by atoms with Gasteiger partial charge in [0, 0.05) is 20.2 Å². The first-order chi connectivity index (χ1) is 12.1. The number of nitrogens with zero attached hydrogens (tertiary/aromatic N) is 2. The smallest absolute Gasteiger partial charge is 0.261 e. The fourth-order valence-electron chi connectivity index (χ4n) is 2.81. The first-order valence-corrected chi connectivity index (χ1v) is 8.95. The van der Waals surface area contributed by atoms with Crippen molar-refractivity contribution in [2.45, 2.75) is 20.0 Å². The number of aromatic nitrogens is 2. The van der Waals surface area contributed by atoms with Crippen LogP contribution in [0.4, 0.5) is 0 Å². The summed E-state index contributed by atoms with van der Waals surface area (Å²) in [7, 11) is 3.16. The van der Waals surface area contributed by atoms with Gasteiger partial charge in [0.05, 0.1) is 17.4 Å². The van der Waals surface area contributed by atoms with Crippen molar-refractivity contribution < 1.29 is 14.3 Å². The van der Waals surface area contributed by atoms with Gasteiger partial charge in [-0.2, -0.15) is 4.98 Å². The van der Waals surface area contributed by atoms with Gasteiger partial charge in [-0.1, -0.05) is 11.6 Å². The fourth-order valence-corrected chi connectivity index (χ4v) is 3.91. The highest BCUT2D eigenvalue weighted by Gasteiger charge is 2.21. The number of halogens is 1. The van der Waals surface area contributed by atoms with Crippen molar-refractivity contribution in [3.63, 3.8) is 0 Å². The summed E-state index contributed by atoms with van der Waals surface area (Å²) in [5.74, 6) is 0.932. The molecular formula is C17H23ClN4O3S. The predicted molar refractivity (Wildman–Crippen MR) is 105 cm³/mol. The zero-order chi connectivity index (χ0) is 17.8. The number of nitrogens with one attached hydrogen (secondary N) is 2. The molecule has 0 aromatic carbocycles. The quantitative estimate of drug-likeness (QED) is 0.726. The van der Waals surface area contributed by atoms with Crippen molar-refractivity contribution in [1.29, 1.82) is 0 Å². The maximum atomic E-state index is 12.6. The van der Waals surface area contributed by atoms with E-state index in [0.29, 0.717) is 29.7 Å². The van der Waals surface area contributed by atoms with E-state index in [1.165, 1.54) is 16.9 Å². The average Bonchev–Trinajstić information content (AvgIpc) is 2.97. The number of hydrogen-bond acceptors (Lipinski definition) is 7. The van der Waals surface area contributed by atoms with Crippen LogP contribution in [0, 0.1) is 6.92 Å². The number of ether oxygens (including phenoxy) is 2. The number of methoxy groups -OCH3 is 2. The number of thiophene rings is 1. The second-order valence-electron chi connectivity index (χ2n) is 5.82. The van der Waals surface area contributed by atoms with Crippen molar-refractivity contribution in [1.82, 2.24) is 20.6 Å². The summed E-state index contributed by atoms with van der Waals surface area (Å²) in [6, 6.07) is 0. The maximum Gasteiger partial charge on any atom is 0.261 e. The number of amides is 1. The van der Waals surface area contributed by atoms with Gasteiger partial charge in [0.15, 0.2) is 5.82 Å². The third-order valence-corrected chi connectivity index (χ3v) is 5.29. The van der Waals surface area contributed by atoms with E-state index < -0.39 is 0 Å². The van der Waals surface area contributed by atoms with Gasteiger partial charge in [-0.15, -0.1) is 23.7 Å². The summed E-state index contributed by atoms with van der Waals surface area (Å²) in [4.78, 5) is 22.9. The molecule has 0 fully saturated rings. The van der Waals surface area contributed by atoms with Crippen molar-refractivity contribution in [2.24, 2.45) is 0 Å². The Morgan fingerprint density at radius 3 is 2.85 bits per heavy atom. The zero-order valence-electron chi connectivity index (χ0n) is 15.0. The molecule has 2 N–H and O–H groups in total. The molecule has 0 atom stereocenters. The molecule has 0 bridgehead atoms. The second kappa shape index (κ2) is 9.27. The Bertz CT molecular complexity index is 822. The lowest BCUT2D eigenvalue weighted by Gasteiger charge is -2.14. The number of hydrogen-bond donors (Lipinski definition) is 2. The number of aryl methyl sites for hydroxylation is 1. The number of rotatable bonds is 6. The first-order valence-electron chi connectivity index (χ1n) is 8.13. The van der Waals surface area contributed by atoms with Crippen LogP contribution >= 0.6 is 23.7 Å². The predicted octanol–water partition coefficient (Wildman–Crippen LogP) is 2.23. The van der Waals surface area contributed by atoms with Gasteiger partial charge in [0.25, 0.3) is 5.91 Å². The molecule has 2 aromatic heterocycles. The molecule has 0 unspecified atom stereocenters. The molecule has 7 nitrogen and oxygen atoms in total. The van der Waals surface area contributed by atoms with Crippen molar-refractivity contribution in [3.05, 3.63) is 27.9 Å². The van der Waals surface area contributed by atoms with Gasteiger partial charge in [0.1, 0.15) is 11.4 Å². The Labute approximate surface area is 162 Å². The molecule has 1 amide bonds. The minimum Gasteiger partial charge on any atom is -0.480 e. The molecule has 0 radical (unpaired) electrons. The number of carbonyl (C=O) groups is 1. The third-order valence-electron chi connectivity index (χ3n) is 4.11. The summed E-state index contributed by atoms with van der Waals surface area (Å²) in [5, 5.41) is 7.06. The van der Waals surface area contributed by atoms with E-state index in [1.807, 2.05) is 6.92 Å². The van der Waals surface area contributed by atoms with Crippen LogP contribution in [0.25, 0.3) is 10.2 Å². The SMILES string of the molecule is COCc1nc(OC)c2c(C)c(C(=O)NCC3=CCNCC3)sc2n1.Cl. The van der Waals surface area contributed by atoms with Gasteiger partial charge in [-0.25, -0.2) is 4.98 Å². The van der Waals surface area contributed by atoms with Gasteiger partial charge in [-0.05, 0) is 25.5 Å². The van der Waals surface area contributed by atoms with E-state index in [4.69, 9.17) is 9.47 Å². The summed E-state index contributed by atoms with van der Waals surface area (Å²) in [5.41, 5.74) is 2.10. The van der Waals surface area contributed by atoms with Crippen LogP contribution in [0.5, 0.6) is 5.88 Å². The van der Waals surface area contributed by atoms with Gasteiger partial charge in [0.2, 0.25) is 5.88 Å². The molecule has 3 heterocycles. The number of carbonyl (C=O) groups excluding carboxylic acids is 1. The molecule has 0 spiro atoms. The largest absolute Gasteiger partial charge is 0.480 e. The Balaban J connectivity index is 0.00000243. The standard InChI is InChI=1S/C17H22N4O3S.ClH/c1-10-13-16(24-3)20-12(9-23-2)21-17(13)25-14(10)15(22)19-8-11-4-6-18-7-5-11;/h4,18H,5-9H2,1-3H3,(H,19,22);1H. The lowest BCUT2D eigenvalue weighted by molar-refractivity contribution is 0.0960. The fraction of sp³-hybridized carbons (Fsp3) is 0.471. The van der Waals surface area contributed by atoms with Crippen LogP contribution < -0.4 is 15.4 Å². The van der Waals surface area contributed by atoms with E-state index in [9.17, 15) is 4.79 Å². The Kier molecular flexibility index (Phi) is 7.33. The van der Waals surface area contributed by atoms with Gasteiger partial charge < -0.3 is 20.1 Å². The maximum absolute atomic E-state index is 12.6. The van der Waals surface area contributed by atoms with E-state index in [1.54, 1.807) is 14.2 Å². The summed E-state index contributed by atoms with van der Waals surface area (Å²) >= 11 is 1.36. The summed E-state index contributed by atoms with van der Waals surface area (Å²) in [6.45, 7) is 4.60. The second-order valence-corrected chi connectivity index (χ2v) is 6.82. The normalized spacial score (nSPS) is 13.9. The molecule has 26 heavy (non-hydrogen) atoms. The monoisotopic (exact) mass is 398 g/mol. The molecular weight excluding hydrogens is 376 g/mol. The summed E-state index contributed by atoms with van der Waals surface area (Å²) in [6.07, 6.45) is 3.10. The lowest BCUT2D eigenvalue weighted by atomic mass is 10.1. The molecule has 3 rings (SSSR count). The zero-order valence-corrected chi connectivity index (χ0v) is 16.7. The molecule has 2 aromatic rings. The van der Waals surface area contributed by atoms with Crippen molar-refractivity contribution in [2.75, 3.05) is 33.9 Å². The van der Waals surface area contributed by atoms with Crippen LogP contribution in [-0.4, -0.2) is 49.7 Å².